The summed E-state index contributed by atoms with van der Waals surface area (Å²) in [5.74, 6) is 0.938. The highest BCUT2D eigenvalue weighted by Gasteiger charge is 2.26. The second-order valence-electron chi connectivity index (χ2n) is 9.69. The molecule has 184 valence electrons. The minimum atomic E-state index is -0.620. The van der Waals surface area contributed by atoms with E-state index < -0.39 is 6.10 Å². The molecule has 4 rings (SSSR count). The van der Waals surface area contributed by atoms with Gasteiger partial charge in [-0.1, -0.05) is 44.9 Å². The lowest BCUT2D eigenvalue weighted by Gasteiger charge is -2.19. The van der Waals surface area contributed by atoms with E-state index in [1.165, 1.54) is 0 Å². The number of aryl methyl sites for hydroxylation is 2. The van der Waals surface area contributed by atoms with Crippen molar-refractivity contribution in [2.24, 2.45) is 5.92 Å². The van der Waals surface area contributed by atoms with E-state index in [1.807, 2.05) is 87.0 Å². The molecule has 0 aliphatic heterocycles. The topological polar surface area (TPSA) is 61.3 Å². The van der Waals surface area contributed by atoms with Gasteiger partial charge in [0.05, 0.1) is 17.8 Å². The Morgan fingerprint density at radius 1 is 1.00 bits per heavy atom. The molecule has 5 heteroatoms. The quantitative estimate of drug-likeness (QED) is 0.226. The predicted molar refractivity (Wildman–Crippen MR) is 142 cm³/mol. The van der Waals surface area contributed by atoms with E-state index in [2.05, 4.69) is 13.8 Å². The van der Waals surface area contributed by atoms with Crippen molar-refractivity contribution >= 4 is 10.9 Å². The van der Waals surface area contributed by atoms with Gasteiger partial charge in [0.2, 0.25) is 11.9 Å². The molecule has 0 saturated carbocycles. The fourth-order valence-corrected chi connectivity index (χ4v) is 5.02. The second kappa shape index (κ2) is 10.1. The van der Waals surface area contributed by atoms with Crippen LogP contribution < -0.4 is 9.47 Å². The number of benzene rings is 2. The molecule has 0 fully saturated rings. The number of nitrogens with zero attached hydrogens (tertiary/aromatic N) is 2. The summed E-state index contributed by atoms with van der Waals surface area (Å²) in [5.41, 5.74) is 6.18. The molecule has 0 saturated heterocycles. The van der Waals surface area contributed by atoms with Crippen molar-refractivity contribution in [1.82, 2.24) is 4.57 Å². The van der Waals surface area contributed by atoms with Gasteiger partial charge in [0.15, 0.2) is 0 Å². The molecular weight excluding hydrogens is 436 g/mol. The number of rotatable bonds is 8. The predicted octanol–water partition coefficient (Wildman–Crippen LogP) is 6.80. The van der Waals surface area contributed by atoms with E-state index in [9.17, 15) is 10.3 Å². The van der Waals surface area contributed by atoms with Crippen molar-refractivity contribution in [3.63, 3.8) is 0 Å². The zero-order chi connectivity index (χ0) is 25.3. The standard InChI is InChI=1S/C30H36N2O3/c1-7-22(8-2)30(33)26-17-31(23-12-14-24(15-13-23)35-19(3)4)28-18-32(34)27(16-25(26)28)29-20(5)10-9-11-21(29)6/h9-19,22,30,33H,7-8H2,1-6H3. The van der Waals surface area contributed by atoms with E-state index in [0.29, 0.717) is 5.69 Å². The SMILES string of the molecule is CCC(CC)C(O)c1cn(-c2ccc(OC(C)C)cc2)c2c[n+]([O-])c(-c3c(C)cccc3C)cc12. The molecule has 1 N–H and O–H groups in total. The van der Waals surface area contributed by atoms with Crippen molar-refractivity contribution in [2.45, 2.75) is 66.6 Å². The molecule has 0 aliphatic carbocycles. The first-order chi connectivity index (χ1) is 16.7. The monoisotopic (exact) mass is 472 g/mol. The van der Waals surface area contributed by atoms with Gasteiger partial charge < -0.3 is 19.6 Å². The largest absolute Gasteiger partial charge is 0.618 e. The van der Waals surface area contributed by atoms with E-state index in [1.54, 1.807) is 6.20 Å². The maximum Gasteiger partial charge on any atom is 0.225 e. The molecule has 1 unspecified atom stereocenters. The highest BCUT2D eigenvalue weighted by atomic mass is 16.5. The molecule has 35 heavy (non-hydrogen) atoms. The average Bonchev–Trinajstić information content (AvgIpc) is 3.18. The Kier molecular flexibility index (Phi) is 7.18. The zero-order valence-corrected chi connectivity index (χ0v) is 21.6. The maximum absolute atomic E-state index is 13.3. The molecule has 0 bridgehead atoms. The molecule has 0 spiro atoms. The third-order valence-electron chi connectivity index (χ3n) is 6.91. The van der Waals surface area contributed by atoms with Crippen LogP contribution >= 0.6 is 0 Å². The van der Waals surface area contributed by atoms with Crippen LogP contribution in [0.25, 0.3) is 27.8 Å². The lowest BCUT2D eigenvalue weighted by molar-refractivity contribution is -0.592. The Hall–Kier alpha value is -3.31. The fourth-order valence-electron chi connectivity index (χ4n) is 5.02. The minimum absolute atomic E-state index is 0.0952. The Balaban J connectivity index is 1.94. The van der Waals surface area contributed by atoms with E-state index in [4.69, 9.17) is 4.74 Å². The van der Waals surface area contributed by atoms with Crippen LogP contribution in [0.4, 0.5) is 0 Å². The van der Waals surface area contributed by atoms with Crippen LogP contribution in [0, 0.1) is 25.0 Å². The van der Waals surface area contributed by atoms with E-state index >= 15 is 0 Å². The second-order valence-corrected chi connectivity index (χ2v) is 9.69. The Bertz CT molecular complexity index is 1300. The summed E-state index contributed by atoms with van der Waals surface area (Å²) in [6.07, 6.45) is 4.86. The average molecular weight is 473 g/mol. The maximum atomic E-state index is 13.3. The lowest BCUT2D eigenvalue weighted by Crippen LogP contribution is -2.29. The first-order valence-corrected chi connectivity index (χ1v) is 12.5. The van der Waals surface area contributed by atoms with Gasteiger partial charge in [0.1, 0.15) is 11.3 Å². The van der Waals surface area contributed by atoms with E-state index in [0.717, 1.165) is 62.2 Å². The Morgan fingerprint density at radius 3 is 2.20 bits per heavy atom. The molecular formula is C30H36N2O3. The number of aliphatic hydroxyl groups excluding tert-OH is 1. The van der Waals surface area contributed by atoms with Gasteiger partial charge in [-0.2, -0.15) is 4.73 Å². The van der Waals surface area contributed by atoms with Crippen molar-refractivity contribution in [1.29, 1.82) is 0 Å². The number of hydrogen-bond donors (Lipinski definition) is 1. The molecule has 5 nitrogen and oxygen atoms in total. The van der Waals surface area contributed by atoms with Gasteiger partial charge >= 0.3 is 0 Å². The van der Waals surface area contributed by atoms with Gasteiger partial charge in [0.25, 0.3) is 0 Å². The summed E-state index contributed by atoms with van der Waals surface area (Å²) in [6, 6.07) is 15.9. The number of ether oxygens (including phenoxy) is 1. The highest BCUT2D eigenvalue weighted by Crippen LogP contribution is 2.37. The summed E-state index contributed by atoms with van der Waals surface area (Å²) in [6.45, 7) is 12.3. The van der Waals surface area contributed by atoms with Crippen molar-refractivity contribution in [3.8, 4) is 22.7 Å². The Labute approximate surface area is 208 Å². The minimum Gasteiger partial charge on any atom is -0.618 e. The van der Waals surface area contributed by atoms with Crippen LogP contribution in [0.5, 0.6) is 5.75 Å². The van der Waals surface area contributed by atoms with Gasteiger partial charge in [0, 0.05) is 28.9 Å². The van der Waals surface area contributed by atoms with Crippen LogP contribution in [0.15, 0.2) is 60.9 Å². The van der Waals surface area contributed by atoms with Crippen LogP contribution in [-0.4, -0.2) is 15.8 Å². The van der Waals surface area contributed by atoms with Crippen LogP contribution in [0.3, 0.4) is 0 Å². The third kappa shape index (κ3) is 4.78. The zero-order valence-electron chi connectivity index (χ0n) is 21.6. The first-order valence-electron chi connectivity index (χ1n) is 12.5. The van der Waals surface area contributed by atoms with Crippen LogP contribution in [0.2, 0.25) is 0 Å². The van der Waals surface area contributed by atoms with Crippen LogP contribution in [-0.2, 0) is 0 Å². The number of hydrogen-bond acceptors (Lipinski definition) is 3. The molecule has 4 aromatic rings. The molecule has 2 aromatic carbocycles. The summed E-state index contributed by atoms with van der Waals surface area (Å²) >= 11 is 0. The summed E-state index contributed by atoms with van der Waals surface area (Å²) in [5, 5.41) is 25.6. The van der Waals surface area contributed by atoms with Gasteiger partial charge in [-0.05, 0) is 69.0 Å². The number of pyridine rings is 1. The van der Waals surface area contributed by atoms with Gasteiger partial charge in [-0.25, -0.2) is 0 Å². The number of fused-ring (bicyclic) bond motifs is 1. The highest BCUT2D eigenvalue weighted by molar-refractivity contribution is 5.88. The van der Waals surface area contributed by atoms with Gasteiger partial charge in [-0.3, -0.25) is 0 Å². The number of aromatic nitrogens is 2. The molecule has 2 heterocycles. The molecule has 1 atom stereocenters. The summed E-state index contributed by atoms with van der Waals surface area (Å²) < 4.78 is 8.75. The third-order valence-corrected chi connectivity index (χ3v) is 6.91. The van der Waals surface area contributed by atoms with E-state index in [-0.39, 0.29) is 12.0 Å². The Morgan fingerprint density at radius 2 is 1.63 bits per heavy atom. The first kappa shape index (κ1) is 24.8. The summed E-state index contributed by atoms with van der Waals surface area (Å²) in [7, 11) is 0. The molecule has 0 aliphatic rings. The van der Waals surface area contributed by atoms with Crippen LogP contribution in [0.1, 0.15) is 63.3 Å². The van der Waals surface area contributed by atoms with Crippen molar-refractivity contribution in [2.75, 3.05) is 0 Å². The molecule has 2 aromatic heterocycles. The van der Waals surface area contributed by atoms with Crippen molar-refractivity contribution in [3.05, 3.63) is 82.8 Å². The number of aliphatic hydroxyl groups is 1. The molecule has 0 amide bonds. The molecule has 0 radical (unpaired) electrons. The van der Waals surface area contributed by atoms with Crippen molar-refractivity contribution < 1.29 is 14.6 Å². The normalized spacial score (nSPS) is 12.6. The van der Waals surface area contributed by atoms with Gasteiger partial charge in [-0.15, -0.1) is 0 Å². The fraction of sp³-hybridized carbons (Fsp3) is 0.367. The lowest BCUT2D eigenvalue weighted by atomic mass is 9.91. The smallest absolute Gasteiger partial charge is 0.225 e. The summed E-state index contributed by atoms with van der Waals surface area (Å²) in [4.78, 5) is 0.